The molecule has 3 aromatic carbocycles. The molecule has 32 heavy (non-hydrogen) atoms. The van der Waals surface area contributed by atoms with Gasteiger partial charge in [0.05, 0.1) is 19.9 Å². The summed E-state index contributed by atoms with van der Waals surface area (Å²) in [6.07, 6.45) is 0. The minimum Gasteiger partial charge on any atom is -0.496 e. The van der Waals surface area contributed by atoms with E-state index in [9.17, 15) is 0 Å². The van der Waals surface area contributed by atoms with Crippen molar-refractivity contribution in [2.75, 3.05) is 14.2 Å². The van der Waals surface area contributed by atoms with Crippen LogP contribution in [0.15, 0.2) is 72.8 Å². The van der Waals surface area contributed by atoms with Crippen LogP contribution in [0, 0.1) is 0 Å². The molecular formula is C23H24ClN5O3. The van der Waals surface area contributed by atoms with Crippen molar-refractivity contribution in [2.45, 2.75) is 13.1 Å². The number of aromatic nitrogens is 4. The van der Waals surface area contributed by atoms with E-state index in [2.05, 4.69) is 20.8 Å². The van der Waals surface area contributed by atoms with Crippen LogP contribution in [-0.4, -0.2) is 34.4 Å². The highest BCUT2D eigenvalue weighted by atomic mass is 35.5. The molecular weight excluding hydrogens is 430 g/mol. The first-order valence-corrected chi connectivity index (χ1v) is 9.79. The summed E-state index contributed by atoms with van der Waals surface area (Å²) in [4.78, 5) is 0. The highest BCUT2D eigenvalue weighted by Crippen LogP contribution is 2.32. The SMILES string of the molecule is COc1ccccc1CNCc1ccc(Oc2nnnn2-c2ccccc2)c(OC)c1.Cl. The van der Waals surface area contributed by atoms with E-state index in [1.54, 1.807) is 14.2 Å². The second-order valence-electron chi connectivity index (χ2n) is 6.71. The molecule has 0 radical (unpaired) electrons. The maximum Gasteiger partial charge on any atom is 0.346 e. The number of nitrogens with one attached hydrogen (secondary N) is 1. The van der Waals surface area contributed by atoms with E-state index in [1.165, 1.54) is 4.68 Å². The number of benzene rings is 3. The molecule has 8 nitrogen and oxygen atoms in total. The van der Waals surface area contributed by atoms with Crippen molar-refractivity contribution in [2.24, 2.45) is 0 Å². The van der Waals surface area contributed by atoms with Gasteiger partial charge in [0.25, 0.3) is 0 Å². The molecule has 0 aliphatic heterocycles. The smallest absolute Gasteiger partial charge is 0.346 e. The van der Waals surface area contributed by atoms with Gasteiger partial charge >= 0.3 is 6.01 Å². The molecule has 0 atom stereocenters. The lowest BCUT2D eigenvalue weighted by molar-refractivity contribution is 0.362. The molecule has 0 aliphatic rings. The predicted octanol–water partition coefficient (Wildman–Crippen LogP) is 4.18. The Labute approximate surface area is 192 Å². The van der Waals surface area contributed by atoms with Crippen LogP contribution in [0.25, 0.3) is 5.69 Å². The summed E-state index contributed by atoms with van der Waals surface area (Å²) in [5, 5.41) is 15.1. The monoisotopic (exact) mass is 453 g/mol. The number of rotatable bonds is 9. The lowest BCUT2D eigenvalue weighted by Crippen LogP contribution is -2.13. The third-order valence-corrected chi connectivity index (χ3v) is 4.71. The van der Waals surface area contributed by atoms with Crippen molar-refractivity contribution in [1.82, 2.24) is 25.5 Å². The van der Waals surface area contributed by atoms with Crippen LogP contribution in [-0.2, 0) is 13.1 Å². The van der Waals surface area contributed by atoms with E-state index in [0.717, 1.165) is 22.6 Å². The fourth-order valence-electron chi connectivity index (χ4n) is 3.17. The first-order chi connectivity index (χ1) is 15.3. The van der Waals surface area contributed by atoms with E-state index in [-0.39, 0.29) is 18.4 Å². The minimum atomic E-state index is 0. The number of halogens is 1. The Kier molecular flexibility index (Phi) is 8.02. The minimum absolute atomic E-state index is 0. The Balaban J connectivity index is 0.00000289. The van der Waals surface area contributed by atoms with Crippen molar-refractivity contribution < 1.29 is 14.2 Å². The zero-order chi connectivity index (χ0) is 21.5. The Bertz CT molecular complexity index is 1140. The molecule has 1 N–H and O–H groups in total. The lowest BCUT2D eigenvalue weighted by Gasteiger charge is -2.13. The van der Waals surface area contributed by atoms with Gasteiger partial charge in [-0.1, -0.05) is 47.6 Å². The van der Waals surface area contributed by atoms with Crippen molar-refractivity contribution >= 4 is 12.4 Å². The topological polar surface area (TPSA) is 83.3 Å². The van der Waals surface area contributed by atoms with E-state index < -0.39 is 0 Å². The zero-order valence-electron chi connectivity index (χ0n) is 17.8. The van der Waals surface area contributed by atoms with Gasteiger partial charge in [-0.05, 0) is 46.3 Å². The van der Waals surface area contributed by atoms with Gasteiger partial charge in [-0.2, -0.15) is 4.68 Å². The largest absolute Gasteiger partial charge is 0.496 e. The molecule has 0 fully saturated rings. The Morgan fingerprint density at radius 1 is 0.812 bits per heavy atom. The number of hydrogen-bond acceptors (Lipinski definition) is 7. The second-order valence-corrected chi connectivity index (χ2v) is 6.71. The number of para-hydroxylation sites is 2. The van der Waals surface area contributed by atoms with E-state index in [4.69, 9.17) is 14.2 Å². The first kappa shape index (κ1) is 23.1. The summed E-state index contributed by atoms with van der Waals surface area (Å²) in [5.41, 5.74) is 2.96. The molecule has 1 heterocycles. The fourth-order valence-corrected chi connectivity index (χ4v) is 3.17. The van der Waals surface area contributed by atoms with Crippen molar-refractivity contribution in [1.29, 1.82) is 0 Å². The van der Waals surface area contributed by atoms with Gasteiger partial charge < -0.3 is 19.5 Å². The molecule has 0 spiro atoms. The standard InChI is InChI=1S/C23H23N5O3.ClH/c1-29-20-11-7-6-8-18(20)16-24-15-17-12-13-21(22(14-17)30-2)31-23-25-26-27-28(23)19-9-4-3-5-10-19;/h3-14,24H,15-16H2,1-2H3;1H. The summed E-state index contributed by atoms with van der Waals surface area (Å²) in [6.45, 7) is 1.35. The molecule has 0 saturated carbocycles. The fraction of sp³-hybridized carbons (Fsp3) is 0.174. The van der Waals surface area contributed by atoms with Crippen LogP contribution in [0.3, 0.4) is 0 Å². The summed E-state index contributed by atoms with van der Waals surface area (Å²) in [7, 11) is 3.28. The Morgan fingerprint density at radius 3 is 2.34 bits per heavy atom. The number of tetrazole rings is 1. The average Bonchev–Trinajstić information content (AvgIpc) is 3.29. The number of ether oxygens (including phenoxy) is 3. The second kappa shape index (κ2) is 11.1. The van der Waals surface area contributed by atoms with Crippen LogP contribution in [0.5, 0.6) is 23.3 Å². The quantitative estimate of drug-likeness (QED) is 0.407. The number of nitrogens with zero attached hydrogens (tertiary/aromatic N) is 4. The van der Waals surface area contributed by atoms with Gasteiger partial charge in [0.1, 0.15) is 5.75 Å². The molecule has 4 rings (SSSR count). The maximum atomic E-state index is 5.95. The molecule has 0 bridgehead atoms. The van der Waals surface area contributed by atoms with Crippen LogP contribution in [0.2, 0.25) is 0 Å². The molecule has 0 saturated heterocycles. The third-order valence-electron chi connectivity index (χ3n) is 4.71. The van der Waals surface area contributed by atoms with E-state index in [1.807, 2.05) is 72.8 Å². The summed E-state index contributed by atoms with van der Waals surface area (Å²) in [5.74, 6) is 2.00. The van der Waals surface area contributed by atoms with E-state index >= 15 is 0 Å². The molecule has 9 heteroatoms. The van der Waals surface area contributed by atoms with E-state index in [0.29, 0.717) is 24.6 Å². The van der Waals surface area contributed by atoms with Gasteiger partial charge in [0.15, 0.2) is 11.5 Å². The van der Waals surface area contributed by atoms with Gasteiger partial charge in [0.2, 0.25) is 0 Å². The van der Waals surface area contributed by atoms with Crippen LogP contribution >= 0.6 is 12.4 Å². The third kappa shape index (κ3) is 5.35. The summed E-state index contributed by atoms with van der Waals surface area (Å²) >= 11 is 0. The zero-order valence-corrected chi connectivity index (χ0v) is 18.6. The molecule has 0 amide bonds. The molecule has 0 unspecified atom stereocenters. The molecule has 166 valence electrons. The normalized spacial score (nSPS) is 10.3. The van der Waals surface area contributed by atoms with Crippen LogP contribution in [0.4, 0.5) is 0 Å². The Morgan fingerprint density at radius 2 is 1.56 bits per heavy atom. The first-order valence-electron chi connectivity index (χ1n) is 9.79. The maximum absolute atomic E-state index is 5.95. The lowest BCUT2D eigenvalue weighted by atomic mass is 10.1. The average molecular weight is 454 g/mol. The van der Waals surface area contributed by atoms with Gasteiger partial charge in [0, 0.05) is 18.7 Å². The summed E-state index contributed by atoms with van der Waals surface area (Å²) < 4.78 is 18.4. The molecule has 4 aromatic rings. The van der Waals surface area contributed by atoms with Gasteiger partial charge in [-0.3, -0.25) is 0 Å². The van der Waals surface area contributed by atoms with Crippen molar-refractivity contribution in [3.8, 4) is 28.9 Å². The van der Waals surface area contributed by atoms with Gasteiger partial charge in [-0.25, -0.2) is 0 Å². The van der Waals surface area contributed by atoms with Crippen LogP contribution < -0.4 is 19.5 Å². The van der Waals surface area contributed by atoms with Gasteiger partial charge in [-0.15, -0.1) is 12.4 Å². The van der Waals surface area contributed by atoms with Crippen molar-refractivity contribution in [3.05, 3.63) is 83.9 Å². The molecule has 0 aliphatic carbocycles. The van der Waals surface area contributed by atoms with Crippen LogP contribution in [0.1, 0.15) is 11.1 Å². The molecule has 1 aromatic heterocycles. The highest BCUT2D eigenvalue weighted by molar-refractivity contribution is 5.85. The van der Waals surface area contributed by atoms with Crippen molar-refractivity contribution in [3.63, 3.8) is 0 Å². The highest BCUT2D eigenvalue weighted by Gasteiger charge is 2.14. The Hall–Kier alpha value is -3.62. The number of methoxy groups -OCH3 is 2. The number of hydrogen-bond donors (Lipinski definition) is 1. The summed E-state index contributed by atoms with van der Waals surface area (Å²) in [6, 6.07) is 23.5. The predicted molar refractivity (Wildman–Crippen MR) is 123 cm³/mol.